The van der Waals surface area contributed by atoms with Gasteiger partial charge in [-0.3, -0.25) is 19.3 Å². The maximum atomic E-state index is 11.8. The molecule has 0 aromatic heterocycles. The Kier molecular flexibility index (Phi) is 4.26. The summed E-state index contributed by atoms with van der Waals surface area (Å²) in [6, 6.07) is 0. The molecule has 1 aliphatic heterocycles. The number of imide groups is 1. The van der Waals surface area contributed by atoms with Crippen molar-refractivity contribution in [3.05, 3.63) is 0 Å². The highest BCUT2D eigenvalue weighted by atomic mass is 16.4. The van der Waals surface area contributed by atoms with Crippen molar-refractivity contribution in [2.24, 2.45) is 17.8 Å². The molecule has 0 spiro atoms. The van der Waals surface area contributed by atoms with Gasteiger partial charge in [0.25, 0.3) is 0 Å². The zero-order valence-electron chi connectivity index (χ0n) is 10.5. The van der Waals surface area contributed by atoms with E-state index < -0.39 is 5.97 Å². The van der Waals surface area contributed by atoms with Gasteiger partial charge in [0.05, 0.1) is 0 Å². The highest BCUT2D eigenvalue weighted by Crippen LogP contribution is 2.26. The molecule has 1 N–H and O–H groups in total. The molecule has 17 heavy (non-hydrogen) atoms. The molecule has 1 fully saturated rings. The summed E-state index contributed by atoms with van der Waals surface area (Å²) in [7, 11) is 0. The smallest absolute Gasteiger partial charge is 0.303 e. The van der Waals surface area contributed by atoms with Crippen LogP contribution in [0.15, 0.2) is 0 Å². The first-order valence-corrected chi connectivity index (χ1v) is 5.91. The van der Waals surface area contributed by atoms with Gasteiger partial charge in [0.15, 0.2) is 0 Å². The third-order valence-corrected chi connectivity index (χ3v) is 3.41. The van der Waals surface area contributed by atoms with Crippen LogP contribution in [0.5, 0.6) is 0 Å². The predicted molar refractivity (Wildman–Crippen MR) is 61.1 cm³/mol. The van der Waals surface area contributed by atoms with Gasteiger partial charge in [-0.25, -0.2) is 0 Å². The van der Waals surface area contributed by atoms with Gasteiger partial charge in [0.2, 0.25) is 11.8 Å². The third kappa shape index (κ3) is 3.05. The summed E-state index contributed by atoms with van der Waals surface area (Å²) < 4.78 is 0. The minimum absolute atomic E-state index is 0.0245. The summed E-state index contributed by atoms with van der Waals surface area (Å²) in [5.41, 5.74) is 0. The second-order valence-corrected chi connectivity index (χ2v) is 4.90. The number of amides is 2. The highest BCUT2D eigenvalue weighted by Gasteiger charge is 2.42. The minimum Gasteiger partial charge on any atom is -0.481 e. The molecule has 1 saturated heterocycles. The summed E-state index contributed by atoms with van der Waals surface area (Å²) in [5, 5.41) is 8.56. The van der Waals surface area contributed by atoms with Crippen LogP contribution in [0.3, 0.4) is 0 Å². The van der Waals surface area contributed by atoms with E-state index in [-0.39, 0.29) is 36.0 Å². The molecule has 3 unspecified atom stereocenters. The zero-order valence-corrected chi connectivity index (χ0v) is 10.5. The molecule has 3 atom stereocenters. The van der Waals surface area contributed by atoms with Crippen LogP contribution < -0.4 is 0 Å². The van der Waals surface area contributed by atoms with Gasteiger partial charge in [-0.1, -0.05) is 20.8 Å². The Morgan fingerprint density at radius 1 is 1.29 bits per heavy atom. The van der Waals surface area contributed by atoms with Crippen molar-refractivity contribution in [1.82, 2.24) is 4.90 Å². The average molecular weight is 241 g/mol. The number of hydrogen-bond donors (Lipinski definition) is 1. The predicted octanol–water partition coefficient (Wildman–Crippen LogP) is 1.13. The molecule has 0 aromatic rings. The number of likely N-dealkylation sites (tertiary alicyclic amines) is 1. The van der Waals surface area contributed by atoms with E-state index in [1.165, 1.54) is 4.90 Å². The molecule has 96 valence electrons. The summed E-state index contributed by atoms with van der Waals surface area (Å²) in [6.07, 6.45) is 0.553. The van der Waals surface area contributed by atoms with Crippen LogP contribution in [0.25, 0.3) is 0 Å². The number of nitrogens with zero attached hydrogens (tertiary/aromatic N) is 1. The lowest BCUT2D eigenvalue weighted by molar-refractivity contribution is -0.140. The van der Waals surface area contributed by atoms with E-state index in [9.17, 15) is 14.4 Å². The Morgan fingerprint density at radius 2 is 1.76 bits per heavy atom. The van der Waals surface area contributed by atoms with E-state index in [0.717, 1.165) is 0 Å². The van der Waals surface area contributed by atoms with Gasteiger partial charge >= 0.3 is 5.97 Å². The normalized spacial score (nSPS) is 26.4. The molecule has 0 bridgehead atoms. The number of carbonyl (C=O) groups is 3. The maximum absolute atomic E-state index is 11.8. The Morgan fingerprint density at radius 3 is 2.18 bits per heavy atom. The fraction of sp³-hybridized carbons (Fsp3) is 0.750. The highest BCUT2D eigenvalue weighted by molar-refractivity contribution is 6.04. The van der Waals surface area contributed by atoms with Crippen LogP contribution in [-0.4, -0.2) is 34.3 Å². The van der Waals surface area contributed by atoms with Gasteiger partial charge in [-0.05, 0) is 12.3 Å². The lowest BCUT2D eigenvalue weighted by Gasteiger charge is -2.19. The molecule has 5 heteroatoms. The fourth-order valence-corrected chi connectivity index (χ4v) is 1.98. The molecule has 0 aromatic carbocycles. The molecule has 0 radical (unpaired) electrons. The Labute approximate surface area is 101 Å². The first-order valence-electron chi connectivity index (χ1n) is 5.91. The lowest BCUT2D eigenvalue weighted by atomic mass is 10.00. The average Bonchev–Trinajstić information content (AvgIpc) is 2.44. The Bertz CT molecular complexity index is 319. The quantitative estimate of drug-likeness (QED) is 0.732. The number of aliphatic carboxylic acids is 1. The van der Waals surface area contributed by atoms with E-state index >= 15 is 0 Å². The van der Waals surface area contributed by atoms with Crippen LogP contribution in [0.2, 0.25) is 0 Å². The molecule has 1 aliphatic rings. The SMILES string of the molecule is CC(CCC(=O)O)CN1C(=O)C(C)C(C)C1=O. The van der Waals surface area contributed by atoms with Crippen molar-refractivity contribution < 1.29 is 19.5 Å². The van der Waals surface area contributed by atoms with Gasteiger partial charge in [-0.2, -0.15) is 0 Å². The molecular formula is C12H19NO4. The van der Waals surface area contributed by atoms with Crippen molar-refractivity contribution >= 4 is 17.8 Å². The van der Waals surface area contributed by atoms with E-state index in [0.29, 0.717) is 13.0 Å². The number of carboxylic acids is 1. The van der Waals surface area contributed by atoms with Crippen LogP contribution in [0.4, 0.5) is 0 Å². The number of rotatable bonds is 5. The van der Waals surface area contributed by atoms with Crippen molar-refractivity contribution in [1.29, 1.82) is 0 Å². The monoisotopic (exact) mass is 241 g/mol. The third-order valence-electron chi connectivity index (χ3n) is 3.41. The van der Waals surface area contributed by atoms with E-state index in [1.807, 2.05) is 6.92 Å². The first-order chi connectivity index (χ1) is 7.84. The number of hydrogen-bond acceptors (Lipinski definition) is 3. The van der Waals surface area contributed by atoms with Crippen molar-refractivity contribution in [3.8, 4) is 0 Å². The largest absolute Gasteiger partial charge is 0.481 e. The maximum Gasteiger partial charge on any atom is 0.303 e. The first kappa shape index (κ1) is 13.7. The Balaban J connectivity index is 2.54. The summed E-state index contributed by atoms with van der Waals surface area (Å²) >= 11 is 0. The summed E-state index contributed by atoms with van der Waals surface area (Å²) in [4.78, 5) is 35.3. The molecular weight excluding hydrogens is 222 g/mol. The summed E-state index contributed by atoms with van der Waals surface area (Å²) in [5.74, 6) is -1.60. The van der Waals surface area contributed by atoms with E-state index in [4.69, 9.17) is 5.11 Å². The van der Waals surface area contributed by atoms with Crippen molar-refractivity contribution in [3.63, 3.8) is 0 Å². The molecule has 5 nitrogen and oxygen atoms in total. The minimum atomic E-state index is -0.849. The molecule has 1 rings (SSSR count). The number of carboxylic acid groups (broad SMARTS) is 1. The van der Waals surface area contributed by atoms with Gasteiger partial charge in [-0.15, -0.1) is 0 Å². The van der Waals surface area contributed by atoms with Crippen LogP contribution in [0, 0.1) is 17.8 Å². The van der Waals surface area contributed by atoms with Gasteiger partial charge in [0, 0.05) is 24.8 Å². The molecule has 1 heterocycles. The fourth-order valence-electron chi connectivity index (χ4n) is 1.98. The number of carbonyl (C=O) groups excluding carboxylic acids is 2. The molecule has 2 amide bonds. The zero-order chi connectivity index (χ0) is 13.2. The van der Waals surface area contributed by atoms with Crippen LogP contribution in [0.1, 0.15) is 33.6 Å². The van der Waals surface area contributed by atoms with Crippen LogP contribution in [-0.2, 0) is 14.4 Å². The second kappa shape index (κ2) is 5.29. The van der Waals surface area contributed by atoms with E-state index in [1.54, 1.807) is 13.8 Å². The lowest BCUT2D eigenvalue weighted by Crippen LogP contribution is -2.34. The standard InChI is InChI=1S/C12H19NO4/c1-7(4-5-10(14)15)6-13-11(16)8(2)9(3)12(13)17/h7-9H,4-6H2,1-3H3,(H,14,15). The van der Waals surface area contributed by atoms with Gasteiger partial charge < -0.3 is 5.11 Å². The van der Waals surface area contributed by atoms with Crippen molar-refractivity contribution in [2.45, 2.75) is 33.6 Å². The second-order valence-electron chi connectivity index (χ2n) is 4.90. The van der Waals surface area contributed by atoms with Gasteiger partial charge in [0.1, 0.15) is 0 Å². The van der Waals surface area contributed by atoms with Crippen LogP contribution >= 0.6 is 0 Å². The Hall–Kier alpha value is -1.39. The molecule has 0 saturated carbocycles. The van der Waals surface area contributed by atoms with Crippen molar-refractivity contribution in [2.75, 3.05) is 6.54 Å². The summed E-state index contributed by atoms with van der Waals surface area (Å²) in [6.45, 7) is 5.70. The molecule has 0 aliphatic carbocycles. The topological polar surface area (TPSA) is 74.7 Å². The van der Waals surface area contributed by atoms with E-state index in [2.05, 4.69) is 0 Å².